The Kier molecular flexibility index (Phi) is 3.62. The van der Waals surface area contributed by atoms with Crippen LogP contribution in [-0.4, -0.2) is 17.8 Å². The molecule has 0 radical (unpaired) electrons. The fourth-order valence-electron chi connectivity index (χ4n) is 3.01. The highest BCUT2D eigenvalue weighted by Crippen LogP contribution is 2.40. The highest BCUT2D eigenvalue weighted by molar-refractivity contribution is 6.30. The molecule has 0 saturated carbocycles. The van der Waals surface area contributed by atoms with Crippen LogP contribution in [0.2, 0.25) is 5.02 Å². The molecule has 0 saturated heterocycles. The van der Waals surface area contributed by atoms with Crippen molar-refractivity contribution >= 4 is 23.8 Å². The van der Waals surface area contributed by atoms with Crippen molar-refractivity contribution in [3.05, 3.63) is 46.1 Å². The van der Waals surface area contributed by atoms with Gasteiger partial charge in [0.1, 0.15) is 5.60 Å². The summed E-state index contributed by atoms with van der Waals surface area (Å²) in [6.07, 6.45) is 4.29. The van der Waals surface area contributed by atoms with Crippen LogP contribution in [0.4, 0.5) is 0 Å². The summed E-state index contributed by atoms with van der Waals surface area (Å²) in [5.74, 6) is -0.205. The summed E-state index contributed by atoms with van der Waals surface area (Å²) in [6, 6.07) is 7.69. The molecular weight excluding hydrogens is 286 g/mol. The minimum Gasteiger partial charge on any atom is -0.456 e. The van der Waals surface area contributed by atoms with E-state index in [1.54, 1.807) is 0 Å². The first kappa shape index (κ1) is 14.3. The molecule has 1 aromatic carbocycles. The van der Waals surface area contributed by atoms with Gasteiger partial charge in [0.05, 0.1) is 11.3 Å². The summed E-state index contributed by atoms with van der Waals surface area (Å²) < 4.78 is 5.58. The molecule has 0 N–H and O–H groups in total. The van der Waals surface area contributed by atoms with E-state index in [-0.39, 0.29) is 11.9 Å². The Labute approximate surface area is 129 Å². The van der Waals surface area contributed by atoms with Crippen molar-refractivity contribution in [3.8, 4) is 0 Å². The lowest BCUT2D eigenvalue weighted by molar-refractivity contribution is -0.153. The van der Waals surface area contributed by atoms with Crippen LogP contribution in [-0.2, 0) is 9.53 Å². The van der Waals surface area contributed by atoms with Crippen molar-refractivity contribution in [1.82, 2.24) is 0 Å². The molecule has 0 aromatic heterocycles. The summed E-state index contributed by atoms with van der Waals surface area (Å²) >= 11 is 5.96. The first-order valence-corrected chi connectivity index (χ1v) is 7.58. The lowest BCUT2D eigenvalue weighted by atomic mass is 9.83. The molecule has 3 nitrogen and oxygen atoms in total. The molecule has 2 aliphatic heterocycles. The third-order valence-corrected chi connectivity index (χ3v) is 4.20. The van der Waals surface area contributed by atoms with E-state index >= 15 is 0 Å². The number of esters is 1. The maximum absolute atomic E-state index is 12.5. The van der Waals surface area contributed by atoms with Crippen LogP contribution in [0.15, 0.2) is 40.5 Å². The number of cyclic esters (lactones) is 1. The predicted molar refractivity (Wildman–Crippen MR) is 83.7 cm³/mol. The number of carbonyl (C=O) groups excluding carboxylic acids is 1. The van der Waals surface area contributed by atoms with Gasteiger partial charge in [-0.15, -0.1) is 0 Å². The molecule has 1 unspecified atom stereocenters. The predicted octanol–water partition coefficient (Wildman–Crippen LogP) is 4.27. The average molecular weight is 304 g/mol. The van der Waals surface area contributed by atoms with E-state index in [1.165, 1.54) is 0 Å². The number of benzene rings is 1. The molecule has 0 amide bonds. The van der Waals surface area contributed by atoms with Crippen molar-refractivity contribution in [3.63, 3.8) is 0 Å². The average Bonchev–Trinajstić information content (AvgIpc) is 2.60. The van der Waals surface area contributed by atoms with E-state index in [2.05, 4.69) is 4.99 Å². The largest absolute Gasteiger partial charge is 0.456 e. The van der Waals surface area contributed by atoms with E-state index in [0.717, 1.165) is 24.1 Å². The van der Waals surface area contributed by atoms with Gasteiger partial charge in [0.2, 0.25) is 0 Å². The van der Waals surface area contributed by atoms with Crippen LogP contribution in [0.1, 0.15) is 44.6 Å². The van der Waals surface area contributed by atoms with E-state index in [9.17, 15) is 4.79 Å². The molecule has 110 valence electrons. The number of aliphatic imine (C=N–C) groups is 1. The minimum absolute atomic E-state index is 0.0309. The molecule has 1 atom stereocenters. The van der Waals surface area contributed by atoms with Gasteiger partial charge in [-0.1, -0.05) is 23.7 Å². The number of hydrogen-bond donors (Lipinski definition) is 0. The van der Waals surface area contributed by atoms with Crippen LogP contribution in [0.25, 0.3) is 0 Å². The smallest absolute Gasteiger partial charge is 0.337 e. The monoisotopic (exact) mass is 303 g/mol. The summed E-state index contributed by atoms with van der Waals surface area (Å²) in [7, 11) is 0. The summed E-state index contributed by atoms with van der Waals surface area (Å²) in [5.41, 5.74) is 2.19. The van der Waals surface area contributed by atoms with Gasteiger partial charge in [-0.2, -0.15) is 0 Å². The third-order valence-electron chi connectivity index (χ3n) is 3.95. The van der Waals surface area contributed by atoms with Gasteiger partial charge >= 0.3 is 5.97 Å². The molecule has 21 heavy (non-hydrogen) atoms. The molecule has 0 aliphatic carbocycles. The van der Waals surface area contributed by atoms with Gasteiger partial charge in [-0.3, -0.25) is 4.99 Å². The Balaban J connectivity index is 2.05. The number of carbonyl (C=O) groups is 1. The van der Waals surface area contributed by atoms with E-state index in [4.69, 9.17) is 16.3 Å². The second-order valence-corrected chi connectivity index (χ2v) is 6.62. The number of rotatable bonds is 1. The fourth-order valence-corrected chi connectivity index (χ4v) is 3.13. The highest BCUT2D eigenvalue weighted by Gasteiger charge is 2.38. The van der Waals surface area contributed by atoms with Crippen molar-refractivity contribution in [2.45, 2.75) is 44.6 Å². The minimum atomic E-state index is -0.484. The SMILES string of the molecule is CC1(C)CC2=C(C(=O)O1)C(c1ccc(Cl)cc1)CCC=N2. The summed E-state index contributed by atoms with van der Waals surface area (Å²) in [4.78, 5) is 17.0. The molecule has 2 aliphatic rings. The topological polar surface area (TPSA) is 38.7 Å². The number of halogens is 1. The summed E-state index contributed by atoms with van der Waals surface area (Å²) in [6.45, 7) is 3.85. The normalized spacial score (nSPS) is 24.3. The van der Waals surface area contributed by atoms with Crippen LogP contribution < -0.4 is 0 Å². The van der Waals surface area contributed by atoms with E-state index in [0.29, 0.717) is 17.0 Å². The first-order valence-electron chi connectivity index (χ1n) is 7.21. The van der Waals surface area contributed by atoms with Gasteiger partial charge in [0.25, 0.3) is 0 Å². The van der Waals surface area contributed by atoms with Crippen molar-refractivity contribution < 1.29 is 9.53 Å². The quantitative estimate of drug-likeness (QED) is 0.727. The van der Waals surface area contributed by atoms with Gasteiger partial charge in [0, 0.05) is 23.6 Å². The van der Waals surface area contributed by atoms with Gasteiger partial charge < -0.3 is 4.74 Å². The van der Waals surface area contributed by atoms with E-state index < -0.39 is 5.60 Å². The van der Waals surface area contributed by atoms with Gasteiger partial charge in [0.15, 0.2) is 0 Å². The van der Waals surface area contributed by atoms with Crippen LogP contribution in [0.5, 0.6) is 0 Å². The zero-order valence-corrected chi connectivity index (χ0v) is 13.0. The molecule has 4 heteroatoms. The lowest BCUT2D eigenvalue weighted by Crippen LogP contribution is -2.35. The zero-order chi connectivity index (χ0) is 15.0. The van der Waals surface area contributed by atoms with Gasteiger partial charge in [-0.25, -0.2) is 4.79 Å². The van der Waals surface area contributed by atoms with Crippen LogP contribution >= 0.6 is 11.6 Å². The number of ether oxygens (including phenoxy) is 1. The maximum atomic E-state index is 12.5. The maximum Gasteiger partial charge on any atom is 0.337 e. The molecule has 0 bridgehead atoms. The fraction of sp³-hybridized carbons (Fsp3) is 0.412. The third kappa shape index (κ3) is 2.88. The molecule has 0 spiro atoms. The second-order valence-electron chi connectivity index (χ2n) is 6.18. The lowest BCUT2D eigenvalue weighted by Gasteiger charge is -2.33. The Morgan fingerprint density at radius 2 is 2.00 bits per heavy atom. The standard InChI is InChI=1S/C17H18ClNO2/c1-17(2)10-14-15(16(20)21-17)13(4-3-9-19-14)11-5-7-12(18)8-6-11/h5-9,13H,3-4,10H2,1-2H3. The molecule has 3 rings (SSSR count). The molecular formula is C17H18ClNO2. The Morgan fingerprint density at radius 3 is 2.71 bits per heavy atom. The Morgan fingerprint density at radius 1 is 1.29 bits per heavy atom. The molecule has 0 fully saturated rings. The van der Waals surface area contributed by atoms with E-state index in [1.807, 2.05) is 44.3 Å². The number of nitrogens with zero attached hydrogens (tertiary/aromatic N) is 1. The molecule has 2 heterocycles. The van der Waals surface area contributed by atoms with Crippen LogP contribution in [0, 0.1) is 0 Å². The Hall–Kier alpha value is -1.61. The first-order chi connectivity index (χ1) is 9.96. The zero-order valence-electron chi connectivity index (χ0n) is 12.2. The number of hydrogen-bond acceptors (Lipinski definition) is 3. The van der Waals surface area contributed by atoms with Crippen molar-refractivity contribution in [1.29, 1.82) is 0 Å². The van der Waals surface area contributed by atoms with Gasteiger partial charge in [-0.05, 0) is 44.4 Å². The second kappa shape index (κ2) is 5.30. The van der Waals surface area contributed by atoms with Crippen molar-refractivity contribution in [2.24, 2.45) is 4.99 Å². The molecule has 1 aromatic rings. The van der Waals surface area contributed by atoms with Crippen molar-refractivity contribution in [2.75, 3.05) is 0 Å². The highest BCUT2D eigenvalue weighted by atomic mass is 35.5. The summed E-state index contributed by atoms with van der Waals surface area (Å²) in [5, 5.41) is 0.699. The Bertz CT molecular complexity index is 629. The van der Waals surface area contributed by atoms with Crippen LogP contribution in [0.3, 0.4) is 0 Å².